The average molecular weight is 510 g/mol. The molecule has 5 rings (SSSR count). The van der Waals surface area contributed by atoms with E-state index < -0.39 is 23.5 Å². The molecule has 0 aliphatic rings. The van der Waals surface area contributed by atoms with Crippen molar-refractivity contribution in [2.45, 2.75) is 6.18 Å². The summed E-state index contributed by atoms with van der Waals surface area (Å²) in [6, 6.07) is 20.5. The number of para-hydroxylation sites is 2. The van der Waals surface area contributed by atoms with Gasteiger partial charge in [-0.05, 0) is 65.7 Å². The number of aromatic nitrogens is 2. The van der Waals surface area contributed by atoms with Gasteiger partial charge >= 0.3 is 6.18 Å². The number of nitrogens with one attached hydrogen (secondary N) is 2. The zero-order chi connectivity index (χ0) is 25.4. The number of carbonyl (C=O) groups excluding carboxylic acids is 1. The minimum Gasteiger partial charge on any atom is -0.338 e. The van der Waals surface area contributed by atoms with Crippen LogP contribution in [0.25, 0.3) is 33.5 Å². The Morgan fingerprint density at radius 1 is 0.889 bits per heavy atom. The minimum atomic E-state index is -4.46. The molecule has 0 spiro atoms. The van der Waals surface area contributed by atoms with Crippen LogP contribution in [0.3, 0.4) is 0 Å². The zero-order valence-electron chi connectivity index (χ0n) is 18.3. The molecule has 2 N–H and O–H groups in total. The van der Waals surface area contributed by atoms with Crippen molar-refractivity contribution in [1.29, 1.82) is 0 Å². The average Bonchev–Trinajstić information content (AvgIpc) is 3.29. The van der Waals surface area contributed by atoms with Gasteiger partial charge in [0.1, 0.15) is 11.6 Å². The van der Waals surface area contributed by atoms with Crippen molar-refractivity contribution < 1.29 is 22.4 Å². The van der Waals surface area contributed by atoms with Crippen LogP contribution in [-0.4, -0.2) is 15.9 Å². The molecule has 0 radical (unpaired) electrons. The lowest BCUT2D eigenvalue weighted by molar-refractivity contribution is -0.137. The van der Waals surface area contributed by atoms with Crippen LogP contribution in [0.1, 0.15) is 15.9 Å². The van der Waals surface area contributed by atoms with Crippen LogP contribution < -0.4 is 5.32 Å². The van der Waals surface area contributed by atoms with Crippen LogP contribution >= 0.6 is 11.6 Å². The maximum Gasteiger partial charge on any atom is 0.416 e. The molecule has 4 nitrogen and oxygen atoms in total. The Labute approximate surface area is 207 Å². The maximum absolute atomic E-state index is 14.8. The SMILES string of the molecule is O=C(Nc1ccc(Cl)c(-c2nc3ccccc3[nH]2)c1)c1ccc(-c2ccc(C(F)(F)F)cc2)cc1F. The first-order valence-corrected chi connectivity index (χ1v) is 11.1. The van der Waals surface area contributed by atoms with Crippen molar-refractivity contribution in [3.8, 4) is 22.5 Å². The van der Waals surface area contributed by atoms with Gasteiger partial charge in [-0.3, -0.25) is 4.79 Å². The highest BCUT2D eigenvalue weighted by Gasteiger charge is 2.30. The molecule has 1 heterocycles. The highest BCUT2D eigenvalue weighted by atomic mass is 35.5. The first kappa shape index (κ1) is 23.6. The molecule has 9 heteroatoms. The molecule has 0 bridgehead atoms. The monoisotopic (exact) mass is 509 g/mol. The van der Waals surface area contributed by atoms with Crippen molar-refractivity contribution >= 4 is 34.2 Å². The second-order valence-electron chi connectivity index (χ2n) is 8.02. The first-order valence-electron chi connectivity index (χ1n) is 10.7. The van der Waals surface area contributed by atoms with Gasteiger partial charge in [0, 0.05) is 11.3 Å². The molecule has 0 fully saturated rings. The molecule has 0 aliphatic carbocycles. The van der Waals surface area contributed by atoms with E-state index in [9.17, 15) is 22.4 Å². The molecule has 4 aromatic carbocycles. The number of hydrogen-bond donors (Lipinski definition) is 2. The summed E-state index contributed by atoms with van der Waals surface area (Å²) in [4.78, 5) is 20.5. The zero-order valence-corrected chi connectivity index (χ0v) is 19.1. The number of fused-ring (bicyclic) bond motifs is 1. The molecule has 0 saturated heterocycles. The molecule has 1 aromatic heterocycles. The quantitative estimate of drug-likeness (QED) is 0.241. The summed E-state index contributed by atoms with van der Waals surface area (Å²) in [5.41, 5.74) is 2.24. The molecular formula is C27H16ClF4N3O. The van der Waals surface area contributed by atoms with Gasteiger partial charge in [0.25, 0.3) is 5.91 Å². The largest absolute Gasteiger partial charge is 0.416 e. The molecule has 180 valence electrons. The third-order valence-corrected chi connectivity index (χ3v) is 5.96. The van der Waals surface area contributed by atoms with Crippen molar-refractivity contribution in [3.05, 3.63) is 107 Å². The fourth-order valence-corrected chi connectivity index (χ4v) is 4.00. The van der Waals surface area contributed by atoms with Gasteiger partial charge in [0.15, 0.2) is 0 Å². The van der Waals surface area contributed by atoms with E-state index in [1.807, 2.05) is 24.3 Å². The van der Waals surface area contributed by atoms with E-state index in [0.29, 0.717) is 33.2 Å². The van der Waals surface area contributed by atoms with E-state index in [-0.39, 0.29) is 5.56 Å². The highest BCUT2D eigenvalue weighted by Crippen LogP contribution is 2.32. The fourth-order valence-electron chi connectivity index (χ4n) is 3.79. The van der Waals surface area contributed by atoms with E-state index in [2.05, 4.69) is 15.3 Å². The molecule has 1 amide bonds. The Hall–Kier alpha value is -4.17. The summed E-state index contributed by atoms with van der Waals surface area (Å²) in [5, 5.41) is 3.07. The third-order valence-electron chi connectivity index (χ3n) is 5.63. The summed E-state index contributed by atoms with van der Waals surface area (Å²) in [6.45, 7) is 0. The molecule has 5 aromatic rings. The van der Waals surface area contributed by atoms with Gasteiger partial charge in [-0.25, -0.2) is 9.37 Å². The number of carbonyl (C=O) groups is 1. The summed E-state index contributed by atoms with van der Waals surface area (Å²) in [7, 11) is 0. The summed E-state index contributed by atoms with van der Waals surface area (Å²) < 4.78 is 53.2. The van der Waals surface area contributed by atoms with Crippen LogP contribution in [0.4, 0.5) is 23.2 Å². The minimum absolute atomic E-state index is 0.217. The van der Waals surface area contributed by atoms with E-state index in [1.165, 1.54) is 24.3 Å². The Morgan fingerprint density at radius 2 is 1.61 bits per heavy atom. The number of aromatic amines is 1. The molecular weight excluding hydrogens is 494 g/mol. The first-order chi connectivity index (χ1) is 17.2. The van der Waals surface area contributed by atoms with Crippen LogP contribution in [0.5, 0.6) is 0 Å². The second kappa shape index (κ2) is 9.13. The summed E-state index contributed by atoms with van der Waals surface area (Å²) >= 11 is 6.35. The lowest BCUT2D eigenvalue weighted by Crippen LogP contribution is -2.14. The maximum atomic E-state index is 14.8. The number of imidazole rings is 1. The van der Waals surface area contributed by atoms with E-state index >= 15 is 0 Å². The standard InChI is InChI=1S/C27H16ClF4N3O/c28-21-12-10-18(14-20(21)25-34-23-3-1-2-4-24(23)35-25)33-26(36)19-11-7-16(13-22(19)29)15-5-8-17(9-6-15)27(30,31)32/h1-14H,(H,33,36)(H,34,35). The topological polar surface area (TPSA) is 57.8 Å². The summed E-state index contributed by atoms with van der Waals surface area (Å²) in [5.74, 6) is -0.981. The number of hydrogen-bond acceptors (Lipinski definition) is 2. The molecule has 0 unspecified atom stereocenters. The Balaban J connectivity index is 1.37. The fraction of sp³-hybridized carbons (Fsp3) is 0.0370. The number of anilines is 1. The normalized spacial score (nSPS) is 11.6. The Morgan fingerprint density at radius 3 is 2.31 bits per heavy atom. The second-order valence-corrected chi connectivity index (χ2v) is 8.43. The van der Waals surface area contributed by atoms with Crippen LogP contribution in [0.2, 0.25) is 5.02 Å². The van der Waals surface area contributed by atoms with Gasteiger partial charge < -0.3 is 10.3 Å². The smallest absolute Gasteiger partial charge is 0.338 e. The number of alkyl halides is 3. The number of benzene rings is 4. The highest BCUT2D eigenvalue weighted by molar-refractivity contribution is 6.33. The molecule has 36 heavy (non-hydrogen) atoms. The van der Waals surface area contributed by atoms with Crippen molar-refractivity contribution in [2.75, 3.05) is 5.32 Å². The molecule has 0 aliphatic heterocycles. The van der Waals surface area contributed by atoms with Crippen LogP contribution in [0.15, 0.2) is 84.9 Å². The predicted octanol–water partition coefficient (Wildman–Crippen LogP) is 7.96. The number of rotatable bonds is 4. The van der Waals surface area contributed by atoms with E-state index in [4.69, 9.17) is 11.6 Å². The van der Waals surface area contributed by atoms with Crippen molar-refractivity contribution in [1.82, 2.24) is 9.97 Å². The predicted molar refractivity (Wildman–Crippen MR) is 131 cm³/mol. The number of nitrogens with zero attached hydrogens (tertiary/aromatic N) is 1. The van der Waals surface area contributed by atoms with E-state index in [1.54, 1.807) is 18.2 Å². The van der Waals surface area contributed by atoms with Crippen molar-refractivity contribution in [2.24, 2.45) is 0 Å². The number of halogens is 5. The van der Waals surface area contributed by atoms with Gasteiger partial charge in [0.05, 0.1) is 27.2 Å². The van der Waals surface area contributed by atoms with Crippen LogP contribution in [-0.2, 0) is 6.18 Å². The van der Waals surface area contributed by atoms with Gasteiger partial charge in [-0.1, -0.05) is 41.9 Å². The molecule has 0 saturated carbocycles. The van der Waals surface area contributed by atoms with E-state index in [0.717, 1.165) is 29.2 Å². The van der Waals surface area contributed by atoms with Gasteiger partial charge in [0.2, 0.25) is 0 Å². The molecule has 0 atom stereocenters. The van der Waals surface area contributed by atoms with Crippen LogP contribution in [0, 0.1) is 5.82 Å². The summed E-state index contributed by atoms with van der Waals surface area (Å²) in [6.07, 6.45) is -4.46. The lowest BCUT2D eigenvalue weighted by atomic mass is 10.0. The van der Waals surface area contributed by atoms with Gasteiger partial charge in [-0.15, -0.1) is 0 Å². The Bertz CT molecular complexity index is 1560. The number of amides is 1. The number of H-pyrrole nitrogens is 1. The lowest BCUT2D eigenvalue weighted by Gasteiger charge is -2.11. The Kier molecular flexibility index (Phi) is 5.97. The van der Waals surface area contributed by atoms with Crippen molar-refractivity contribution in [3.63, 3.8) is 0 Å². The van der Waals surface area contributed by atoms with Gasteiger partial charge in [-0.2, -0.15) is 13.2 Å². The third kappa shape index (κ3) is 4.67.